The molecule has 0 spiro atoms. The first kappa shape index (κ1) is 22.6. The molecule has 1 aliphatic rings. The highest BCUT2D eigenvalue weighted by Gasteiger charge is 2.29. The summed E-state index contributed by atoms with van der Waals surface area (Å²) in [6, 6.07) is 13.8. The predicted molar refractivity (Wildman–Crippen MR) is 134 cm³/mol. The topological polar surface area (TPSA) is 77.7 Å². The first-order valence-electron chi connectivity index (χ1n) is 12.0. The predicted octanol–water partition coefficient (Wildman–Crippen LogP) is 6.46. The van der Waals surface area contributed by atoms with Crippen molar-refractivity contribution < 1.29 is 9.59 Å². The molecular formula is C27H28N4O2S. The molecule has 0 radical (unpaired) electrons. The first-order valence-corrected chi connectivity index (χ1v) is 12.8. The molecule has 1 saturated carbocycles. The first-order chi connectivity index (χ1) is 16.5. The van der Waals surface area contributed by atoms with Crippen LogP contribution in [-0.4, -0.2) is 31.3 Å². The minimum absolute atomic E-state index is 0.109. The van der Waals surface area contributed by atoms with Crippen LogP contribution in [0.5, 0.6) is 0 Å². The van der Waals surface area contributed by atoms with E-state index in [-0.39, 0.29) is 17.6 Å². The van der Waals surface area contributed by atoms with Gasteiger partial charge in [-0.15, -0.1) is 16.4 Å². The van der Waals surface area contributed by atoms with Gasteiger partial charge in [0.25, 0.3) is 0 Å². The smallest absolute Gasteiger partial charge is 0.173 e. The lowest BCUT2D eigenvalue weighted by Crippen LogP contribution is -2.22. The number of benzene rings is 1. The number of hydrogen-bond donors (Lipinski definition) is 0. The van der Waals surface area contributed by atoms with Crippen molar-refractivity contribution in [2.24, 2.45) is 5.92 Å². The van der Waals surface area contributed by atoms with Crippen LogP contribution in [-0.2, 0) is 0 Å². The van der Waals surface area contributed by atoms with Crippen LogP contribution in [0.2, 0.25) is 0 Å². The second kappa shape index (κ2) is 9.58. The third-order valence-corrected chi connectivity index (χ3v) is 7.79. The van der Waals surface area contributed by atoms with E-state index in [0.29, 0.717) is 30.0 Å². The number of ketones is 2. The van der Waals surface area contributed by atoms with Crippen molar-refractivity contribution in [2.45, 2.75) is 58.4 Å². The van der Waals surface area contributed by atoms with Gasteiger partial charge < -0.3 is 4.57 Å². The third-order valence-electron chi connectivity index (χ3n) is 6.74. The van der Waals surface area contributed by atoms with E-state index in [0.717, 1.165) is 47.4 Å². The van der Waals surface area contributed by atoms with Crippen LogP contribution in [0.3, 0.4) is 0 Å². The van der Waals surface area contributed by atoms with Crippen molar-refractivity contribution in [2.75, 3.05) is 0 Å². The normalized spacial score (nSPS) is 18.3. The van der Waals surface area contributed by atoms with Crippen LogP contribution in [0.15, 0.2) is 48.7 Å². The number of thiophene rings is 1. The van der Waals surface area contributed by atoms with E-state index in [1.807, 2.05) is 56.3 Å². The number of fused-ring (bicyclic) bond motifs is 1. The highest BCUT2D eigenvalue weighted by Crippen LogP contribution is 2.39. The average Bonchev–Trinajstić information content (AvgIpc) is 3.47. The Kier molecular flexibility index (Phi) is 6.37. The zero-order valence-electron chi connectivity index (χ0n) is 19.5. The fraction of sp³-hybridized carbons (Fsp3) is 0.370. The fourth-order valence-corrected chi connectivity index (χ4v) is 5.89. The summed E-state index contributed by atoms with van der Waals surface area (Å²) in [5.74, 6) is 1.46. The van der Waals surface area contributed by atoms with Gasteiger partial charge in [-0.05, 0) is 74.6 Å². The van der Waals surface area contributed by atoms with Crippen LogP contribution < -0.4 is 0 Å². The van der Waals surface area contributed by atoms with Gasteiger partial charge in [0.1, 0.15) is 5.69 Å². The van der Waals surface area contributed by atoms with Gasteiger partial charge in [0, 0.05) is 35.5 Å². The van der Waals surface area contributed by atoms with E-state index in [2.05, 4.69) is 14.8 Å². The summed E-state index contributed by atoms with van der Waals surface area (Å²) in [6.07, 6.45) is 6.78. The molecule has 0 unspecified atom stereocenters. The molecule has 1 fully saturated rings. The van der Waals surface area contributed by atoms with Gasteiger partial charge in [-0.1, -0.05) is 13.3 Å². The van der Waals surface area contributed by atoms with E-state index in [4.69, 9.17) is 4.98 Å². The van der Waals surface area contributed by atoms with Crippen molar-refractivity contribution in [3.63, 3.8) is 0 Å². The summed E-state index contributed by atoms with van der Waals surface area (Å²) in [6.45, 7) is 3.91. The van der Waals surface area contributed by atoms with E-state index >= 15 is 0 Å². The van der Waals surface area contributed by atoms with Crippen molar-refractivity contribution in [3.8, 4) is 11.5 Å². The fourth-order valence-electron chi connectivity index (χ4n) is 5.08. The zero-order valence-corrected chi connectivity index (χ0v) is 20.3. The molecule has 1 aliphatic carbocycles. The van der Waals surface area contributed by atoms with E-state index in [9.17, 15) is 9.59 Å². The molecule has 0 bridgehead atoms. The van der Waals surface area contributed by atoms with Crippen LogP contribution in [0, 0.1) is 12.8 Å². The Morgan fingerprint density at radius 2 is 2.00 bits per heavy atom. The molecule has 174 valence electrons. The summed E-state index contributed by atoms with van der Waals surface area (Å²) in [4.78, 5) is 32.1. The Morgan fingerprint density at radius 3 is 2.74 bits per heavy atom. The molecule has 0 N–H and O–H groups in total. The molecule has 3 aromatic heterocycles. The van der Waals surface area contributed by atoms with Gasteiger partial charge >= 0.3 is 0 Å². The Bertz CT molecular complexity index is 1340. The van der Waals surface area contributed by atoms with Gasteiger partial charge in [-0.25, -0.2) is 4.98 Å². The molecule has 7 heteroatoms. The summed E-state index contributed by atoms with van der Waals surface area (Å²) in [7, 11) is 0. The summed E-state index contributed by atoms with van der Waals surface area (Å²) in [5.41, 5.74) is 3.20. The molecule has 5 rings (SSSR count). The Hall–Kier alpha value is -3.19. The average molecular weight is 473 g/mol. The number of aryl methyl sites for hydroxylation is 1. The molecular weight excluding hydrogens is 444 g/mol. The lowest BCUT2D eigenvalue weighted by Gasteiger charge is -2.31. The number of nitrogens with zero attached hydrogens (tertiary/aromatic N) is 4. The van der Waals surface area contributed by atoms with E-state index in [1.54, 1.807) is 17.5 Å². The summed E-state index contributed by atoms with van der Waals surface area (Å²) in [5, 5.41) is 8.40. The van der Waals surface area contributed by atoms with Gasteiger partial charge in [-0.3, -0.25) is 9.59 Å². The third kappa shape index (κ3) is 4.44. The minimum Gasteiger partial charge on any atom is -0.319 e. The van der Waals surface area contributed by atoms with Crippen molar-refractivity contribution in [3.05, 3.63) is 64.0 Å². The monoisotopic (exact) mass is 472 g/mol. The second-order valence-electron chi connectivity index (χ2n) is 9.12. The molecule has 4 aromatic rings. The number of hydrogen-bond acceptors (Lipinski definition) is 6. The quantitative estimate of drug-likeness (QED) is 0.288. The number of aromatic nitrogens is 4. The number of Topliss-reactive ketones (excluding diaryl/α,β-unsaturated/α-hetero) is 2. The largest absolute Gasteiger partial charge is 0.319 e. The molecule has 1 aromatic carbocycles. The van der Waals surface area contributed by atoms with Gasteiger partial charge in [-0.2, -0.15) is 5.10 Å². The van der Waals surface area contributed by atoms with Crippen molar-refractivity contribution in [1.29, 1.82) is 0 Å². The van der Waals surface area contributed by atoms with Crippen LogP contribution >= 0.6 is 11.3 Å². The van der Waals surface area contributed by atoms with Crippen LogP contribution in [0.1, 0.15) is 76.4 Å². The zero-order chi connectivity index (χ0) is 23.7. The Morgan fingerprint density at radius 1 is 1.12 bits per heavy atom. The van der Waals surface area contributed by atoms with Crippen LogP contribution in [0.25, 0.3) is 22.6 Å². The number of carbonyl (C=O) groups excluding carboxylic acids is 2. The minimum atomic E-state index is 0.109. The highest BCUT2D eigenvalue weighted by atomic mass is 32.1. The number of carbonyl (C=O) groups is 2. The maximum Gasteiger partial charge on any atom is 0.173 e. The Labute approximate surface area is 203 Å². The molecule has 34 heavy (non-hydrogen) atoms. The number of rotatable bonds is 7. The van der Waals surface area contributed by atoms with Gasteiger partial charge in [0.15, 0.2) is 17.4 Å². The molecule has 0 saturated heterocycles. The summed E-state index contributed by atoms with van der Waals surface area (Å²) < 4.78 is 2.27. The van der Waals surface area contributed by atoms with E-state index < -0.39 is 0 Å². The van der Waals surface area contributed by atoms with Crippen LogP contribution in [0.4, 0.5) is 0 Å². The molecule has 3 heterocycles. The molecule has 0 amide bonds. The van der Waals surface area contributed by atoms with Crippen molar-refractivity contribution in [1.82, 2.24) is 19.7 Å². The standard InChI is InChI=1S/C27H28N4O2S/c1-3-24(32)19-10-11-23-22(16-19)29-27(21-8-5-13-28-30-21)31(23)20-7-4-6-18(14-20)15-25(33)26-12-9-17(2)34-26/h5,8-13,16,18,20H,3-4,6-7,14-15H2,1-2H3/t18-,20+/m1/s1. The molecule has 0 aliphatic heterocycles. The highest BCUT2D eigenvalue weighted by molar-refractivity contribution is 7.14. The van der Waals surface area contributed by atoms with Gasteiger partial charge in [0.05, 0.1) is 15.9 Å². The SMILES string of the molecule is CCC(=O)c1ccc2c(c1)nc(-c1cccnn1)n2[C@H]1CCC[C@@H](CC(=O)c2ccc(C)s2)C1. The second-order valence-corrected chi connectivity index (χ2v) is 10.4. The maximum absolute atomic E-state index is 12.9. The lowest BCUT2D eigenvalue weighted by atomic mass is 9.82. The molecule has 2 atom stereocenters. The number of imidazole rings is 1. The van der Waals surface area contributed by atoms with Crippen molar-refractivity contribution >= 4 is 33.9 Å². The Balaban J connectivity index is 1.49. The summed E-state index contributed by atoms with van der Waals surface area (Å²) >= 11 is 1.58. The molecule has 6 nitrogen and oxygen atoms in total. The lowest BCUT2D eigenvalue weighted by molar-refractivity contribution is 0.0944. The maximum atomic E-state index is 12.9. The van der Waals surface area contributed by atoms with Gasteiger partial charge in [0.2, 0.25) is 0 Å². The van der Waals surface area contributed by atoms with E-state index in [1.165, 1.54) is 4.88 Å².